The predicted octanol–water partition coefficient (Wildman–Crippen LogP) is 3.96. The molecule has 0 aromatic heterocycles. The molecule has 0 heterocycles. The van der Waals surface area contributed by atoms with Crippen molar-refractivity contribution < 1.29 is 4.74 Å². The zero-order valence-electron chi connectivity index (χ0n) is 8.06. The van der Waals surface area contributed by atoms with Crippen molar-refractivity contribution in [3.63, 3.8) is 0 Å². The van der Waals surface area contributed by atoms with Gasteiger partial charge in [0.2, 0.25) is 0 Å². The van der Waals surface area contributed by atoms with Crippen LogP contribution in [0.1, 0.15) is 10.6 Å². The third-order valence-corrected chi connectivity index (χ3v) is 2.69. The molecule has 0 amide bonds. The Morgan fingerprint density at radius 3 is 2.40 bits per heavy atom. The second-order valence-electron chi connectivity index (χ2n) is 3.07. The van der Waals surface area contributed by atoms with Crippen LogP contribution in [0, 0.1) is 6.07 Å². The van der Waals surface area contributed by atoms with Crippen molar-refractivity contribution in [1.82, 2.24) is 0 Å². The first kappa shape index (κ1) is 10.2. The largest absolute Gasteiger partial charge is 0.474 e. The first-order chi connectivity index (χ1) is 7.36. The van der Waals surface area contributed by atoms with Gasteiger partial charge in [0.1, 0.15) is 5.75 Å². The topological polar surface area (TPSA) is 9.23 Å². The summed E-state index contributed by atoms with van der Waals surface area (Å²) in [7, 11) is 0. The number of benzene rings is 2. The maximum atomic E-state index is 5.66. The van der Waals surface area contributed by atoms with Crippen molar-refractivity contribution in [3.8, 4) is 5.75 Å². The molecule has 2 aromatic carbocycles. The van der Waals surface area contributed by atoms with E-state index < -0.39 is 0 Å². The Hall–Kier alpha value is -1.28. The maximum absolute atomic E-state index is 5.66. The number of hydrogen-bond donors (Lipinski definition) is 0. The van der Waals surface area contributed by atoms with E-state index in [1.54, 1.807) is 0 Å². The normalized spacial score (nSPS) is 12.1. The highest BCUT2D eigenvalue weighted by atomic mass is 79.9. The summed E-state index contributed by atoms with van der Waals surface area (Å²) in [6, 6.07) is 20.6. The van der Waals surface area contributed by atoms with E-state index in [0.717, 1.165) is 11.3 Å². The van der Waals surface area contributed by atoms with Gasteiger partial charge in [-0.15, -0.1) is 0 Å². The van der Waals surface area contributed by atoms with Crippen LogP contribution < -0.4 is 4.74 Å². The lowest BCUT2D eigenvalue weighted by atomic mass is 10.2. The van der Waals surface area contributed by atoms with E-state index in [1.807, 2.05) is 54.6 Å². The van der Waals surface area contributed by atoms with Crippen LogP contribution in [0.2, 0.25) is 0 Å². The Kier molecular flexibility index (Phi) is 3.41. The monoisotopic (exact) mass is 261 g/mol. The van der Waals surface area contributed by atoms with Crippen LogP contribution in [0.25, 0.3) is 0 Å². The quantitative estimate of drug-likeness (QED) is 0.761. The Labute approximate surface area is 97.8 Å². The van der Waals surface area contributed by atoms with Gasteiger partial charge >= 0.3 is 0 Å². The molecule has 0 aliphatic carbocycles. The summed E-state index contributed by atoms with van der Waals surface area (Å²) < 4.78 is 5.66. The molecule has 1 nitrogen and oxygen atoms in total. The molecule has 2 rings (SSSR count). The van der Waals surface area contributed by atoms with Gasteiger partial charge in [-0.1, -0.05) is 48.5 Å². The predicted molar refractivity (Wildman–Crippen MR) is 64.0 cm³/mol. The lowest BCUT2D eigenvalue weighted by Gasteiger charge is -2.12. The van der Waals surface area contributed by atoms with Crippen LogP contribution in [0.4, 0.5) is 0 Å². The van der Waals surface area contributed by atoms with Gasteiger partial charge in [-0.25, -0.2) is 0 Å². The Bertz CT molecular complexity index is 399. The van der Waals surface area contributed by atoms with E-state index in [2.05, 4.69) is 22.0 Å². The lowest BCUT2D eigenvalue weighted by Crippen LogP contribution is -1.99. The van der Waals surface area contributed by atoms with E-state index in [1.165, 1.54) is 0 Å². The van der Waals surface area contributed by atoms with Crippen LogP contribution in [0.3, 0.4) is 0 Å². The zero-order valence-corrected chi connectivity index (χ0v) is 9.65. The first-order valence-electron chi connectivity index (χ1n) is 4.68. The van der Waals surface area contributed by atoms with Crippen molar-refractivity contribution in [1.29, 1.82) is 0 Å². The Balaban J connectivity index is 2.08. The van der Waals surface area contributed by atoms with E-state index >= 15 is 0 Å². The summed E-state index contributed by atoms with van der Waals surface area (Å²) in [5.41, 5.74) is 1.09. The van der Waals surface area contributed by atoms with Gasteiger partial charge < -0.3 is 4.74 Å². The molecular formula is C13H10BrO. The van der Waals surface area contributed by atoms with Gasteiger partial charge in [0.15, 0.2) is 5.01 Å². The Morgan fingerprint density at radius 2 is 1.73 bits per heavy atom. The zero-order chi connectivity index (χ0) is 10.5. The molecule has 0 aliphatic rings. The van der Waals surface area contributed by atoms with Crippen molar-refractivity contribution in [2.45, 2.75) is 5.01 Å². The molecule has 0 saturated carbocycles. The second kappa shape index (κ2) is 4.99. The number of rotatable bonds is 3. The highest BCUT2D eigenvalue weighted by Crippen LogP contribution is 2.26. The molecule has 0 bridgehead atoms. The van der Waals surface area contributed by atoms with Crippen LogP contribution >= 0.6 is 15.9 Å². The molecule has 1 atom stereocenters. The van der Waals surface area contributed by atoms with Crippen LogP contribution in [-0.2, 0) is 0 Å². The molecule has 1 radical (unpaired) electrons. The van der Waals surface area contributed by atoms with Crippen molar-refractivity contribution >= 4 is 15.9 Å². The number of ether oxygens (including phenoxy) is 1. The highest BCUT2D eigenvalue weighted by Gasteiger charge is 2.07. The van der Waals surface area contributed by atoms with Crippen LogP contribution in [0.5, 0.6) is 5.75 Å². The van der Waals surface area contributed by atoms with Crippen LogP contribution in [0.15, 0.2) is 54.6 Å². The molecule has 0 fully saturated rings. The van der Waals surface area contributed by atoms with E-state index in [4.69, 9.17) is 4.74 Å². The highest BCUT2D eigenvalue weighted by molar-refractivity contribution is 9.09. The van der Waals surface area contributed by atoms with Crippen LogP contribution in [-0.4, -0.2) is 0 Å². The fourth-order valence-electron chi connectivity index (χ4n) is 1.23. The van der Waals surface area contributed by atoms with E-state index in [0.29, 0.717) is 0 Å². The summed E-state index contributed by atoms with van der Waals surface area (Å²) in [6.07, 6.45) is 0. The number of halogens is 1. The first-order valence-corrected chi connectivity index (χ1v) is 5.60. The van der Waals surface area contributed by atoms with Crippen molar-refractivity contribution in [2.24, 2.45) is 0 Å². The minimum absolute atomic E-state index is 0.127. The summed E-state index contributed by atoms with van der Waals surface area (Å²) in [4.78, 5) is 0. The standard InChI is InChI=1S/C13H10BrO/c14-13(11-7-3-1-4-8-11)15-12-9-5-2-6-10-12/h1-9,13H. The summed E-state index contributed by atoms with van der Waals surface area (Å²) >= 11 is 3.48. The average molecular weight is 262 g/mol. The lowest BCUT2D eigenvalue weighted by molar-refractivity contribution is 0.301. The average Bonchev–Trinajstić information content (AvgIpc) is 2.31. The van der Waals surface area contributed by atoms with Gasteiger partial charge in [0.25, 0.3) is 0 Å². The van der Waals surface area contributed by atoms with Gasteiger partial charge in [-0.05, 0) is 22.0 Å². The van der Waals surface area contributed by atoms with Crippen molar-refractivity contribution in [2.75, 3.05) is 0 Å². The molecule has 2 aromatic rings. The molecule has 15 heavy (non-hydrogen) atoms. The van der Waals surface area contributed by atoms with E-state index in [-0.39, 0.29) is 5.01 Å². The molecule has 0 saturated heterocycles. The molecule has 75 valence electrons. The van der Waals surface area contributed by atoms with E-state index in [9.17, 15) is 0 Å². The third kappa shape index (κ3) is 2.83. The molecule has 1 unspecified atom stereocenters. The molecule has 0 N–H and O–H groups in total. The minimum Gasteiger partial charge on any atom is -0.474 e. The summed E-state index contributed by atoms with van der Waals surface area (Å²) in [6.45, 7) is 0. The van der Waals surface area contributed by atoms with Gasteiger partial charge in [0.05, 0.1) is 0 Å². The summed E-state index contributed by atoms with van der Waals surface area (Å²) in [5.74, 6) is 0.739. The smallest absolute Gasteiger partial charge is 0.178 e. The second-order valence-corrected chi connectivity index (χ2v) is 3.90. The SMILES string of the molecule is BrC(Oc1[c]cccc1)c1ccccc1. The number of para-hydroxylation sites is 1. The van der Waals surface area contributed by atoms with Gasteiger partial charge in [0, 0.05) is 11.6 Å². The number of hydrogen-bond acceptors (Lipinski definition) is 1. The third-order valence-electron chi connectivity index (χ3n) is 1.97. The number of alkyl halides is 1. The Morgan fingerprint density at radius 1 is 1.00 bits per heavy atom. The molecule has 0 spiro atoms. The fraction of sp³-hybridized carbons (Fsp3) is 0.0769. The maximum Gasteiger partial charge on any atom is 0.178 e. The molecular weight excluding hydrogens is 252 g/mol. The molecule has 2 heteroatoms. The van der Waals surface area contributed by atoms with Crippen molar-refractivity contribution in [3.05, 3.63) is 66.2 Å². The minimum atomic E-state index is -0.127. The van der Waals surface area contributed by atoms with Gasteiger partial charge in [-0.3, -0.25) is 0 Å². The summed E-state index contributed by atoms with van der Waals surface area (Å²) in [5, 5.41) is -0.127. The fourth-order valence-corrected chi connectivity index (χ4v) is 1.74. The van der Waals surface area contributed by atoms with Gasteiger partial charge in [-0.2, -0.15) is 0 Å². The molecule has 0 aliphatic heterocycles.